The largest absolute Gasteiger partial charge is 0.378 e. The molecule has 2 aliphatic heterocycles. The Morgan fingerprint density at radius 3 is 2.85 bits per heavy atom. The Kier molecular flexibility index (Phi) is 5.01. The second-order valence-electron chi connectivity index (χ2n) is 7.40. The second kappa shape index (κ2) is 7.44. The third-order valence-corrected chi connectivity index (χ3v) is 5.39. The van der Waals surface area contributed by atoms with Crippen molar-refractivity contribution in [3.63, 3.8) is 0 Å². The molecule has 0 spiro atoms. The topological polar surface area (TPSA) is 76.6 Å². The maximum atomic E-state index is 13.8. The van der Waals surface area contributed by atoms with Gasteiger partial charge in [0.1, 0.15) is 12.7 Å². The Bertz CT molecular complexity index is 833. The molecule has 2 aromatic rings. The summed E-state index contributed by atoms with van der Waals surface area (Å²) in [6.07, 6.45) is -0.614. The van der Waals surface area contributed by atoms with Crippen molar-refractivity contribution in [2.45, 2.75) is 32.1 Å². The number of fused-ring (bicyclic) bond motifs is 1. The fourth-order valence-electron chi connectivity index (χ4n) is 3.81. The zero-order valence-electron chi connectivity index (χ0n) is 15.6. The number of rotatable bonds is 3. The van der Waals surface area contributed by atoms with Gasteiger partial charge < -0.3 is 24.8 Å². The minimum atomic E-state index is -0.990. The Hall–Kier alpha value is -2.19. The minimum absolute atomic E-state index is 0.0455. The Labute approximate surface area is 157 Å². The molecular weight excluding hydrogens is 349 g/mol. The molecule has 4 rings (SSSR count). The molecule has 146 valence electrons. The third kappa shape index (κ3) is 3.64. The number of hydrogen-bond donors (Lipinski definition) is 1. The van der Waals surface area contributed by atoms with E-state index in [0.717, 1.165) is 16.6 Å². The molecule has 27 heavy (non-hydrogen) atoms. The molecular formula is C19H26FN5O2. The number of hydrogen-bond acceptors (Lipinski definition) is 5. The summed E-state index contributed by atoms with van der Waals surface area (Å²) in [6, 6.07) is 5.48. The van der Waals surface area contributed by atoms with E-state index < -0.39 is 12.2 Å². The minimum Gasteiger partial charge on any atom is -0.378 e. The number of amides is 1. The number of nitrogens with two attached hydrogens (primary N) is 1. The first kappa shape index (κ1) is 18.2. The second-order valence-corrected chi connectivity index (χ2v) is 7.40. The highest BCUT2D eigenvalue weighted by molar-refractivity contribution is 5.84. The lowest BCUT2D eigenvalue weighted by Crippen LogP contribution is -2.50. The smallest absolute Gasteiger partial charge is 0.242 e. The van der Waals surface area contributed by atoms with Crippen LogP contribution in [0.25, 0.3) is 11.0 Å². The summed E-state index contributed by atoms with van der Waals surface area (Å²) in [6.45, 7) is 5.53. The van der Waals surface area contributed by atoms with Crippen LogP contribution in [0.4, 0.5) is 10.3 Å². The van der Waals surface area contributed by atoms with Crippen molar-refractivity contribution >= 4 is 22.9 Å². The maximum absolute atomic E-state index is 13.8. The van der Waals surface area contributed by atoms with Crippen LogP contribution in [0.3, 0.4) is 0 Å². The molecule has 1 aromatic carbocycles. The van der Waals surface area contributed by atoms with E-state index in [2.05, 4.69) is 0 Å². The molecule has 0 bridgehead atoms. The molecule has 0 radical (unpaired) electrons. The third-order valence-electron chi connectivity index (χ3n) is 5.39. The van der Waals surface area contributed by atoms with Gasteiger partial charge >= 0.3 is 0 Å². The normalized spacial score (nSPS) is 23.8. The zero-order valence-corrected chi connectivity index (χ0v) is 15.6. The Morgan fingerprint density at radius 1 is 1.33 bits per heavy atom. The molecule has 2 saturated heterocycles. The Balaban J connectivity index is 1.67. The molecule has 1 amide bonds. The molecule has 2 N–H and O–H groups in total. The van der Waals surface area contributed by atoms with E-state index in [0.29, 0.717) is 51.8 Å². The van der Waals surface area contributed by atoms with Crippen LogP contribution in [0.1, 0.15) is 12.0 Å². The first-order chi connectivity index (χ1) is 13.0. The number of alkyl halides is 1. The van der Waals surface area contributed by atoms with E-state index in [4.69, 9.17) is 15.5 Å². The molecule has 3 heterocycles. The van der Waals surface area contributed by atoms with Gasteiger partial charge in [-0.1, -0.05) is 6.07 Å². The number of nitrogens with zero attached hydrogens (tertiary/aromatic N) is 4. The molecule has 2 atom stereocenters. The van der Waals surface area contributed by atoms with Crippen molar-refractivity contribution in [1.82, 2.24) is 14.5 Å². The van der Waals surface area contributed by atoms with Gasteiger partial charge in [0.05, 0.1) is 30.3 Å². The van der Waals surface area contributed by atoms with Crippen molar-refractivity contribution in [2.75, 3.05) is 44.3 Å². The highest BCUT2D eigenvalue weighted by Crippen LogP contribution is 2.27. The van der Waals surface area contributed by atoms with Gasteiger partial charge in [0, 0.05) is 26.2 Å². The maximum Gasteiger partial charge on any atom is 0.242 e. The SMILES string of the molecule is Cc1ccc2c(c1)nc(N1CC[C@@H](F)[C@H](N)C1)n2CC(=O)N1CCOCC1. The first-order valence-electron chi connectivity index (χ1n) is 9.50. The lowest BCUT2D eigenvalue weighted by molar-refractivity contribution is -0.135. The number of halogens is 1. The lowest BCUT2D eigenvalue weighted by atomic mass is 10.1. The number of ether oxygens (including phenoxy) is 1. The van der Waals surface area contributed by atoms with Gasteiger partial charge in [0.15, 0.2) is 0 Å². The first-order valence-corrected chi connectivity index (χ1v) is 9.50. The van der Waals surface area contributed by atoms with Crippen LogP contribution in [0.5, 0.6) is 0 Å². The number of benzene rings is 1. The fraction of sp³-hybridized carbons (Fsp3) is 0.579. The Morgan fingerprint density at radius 2 is 2.11 bits per heavy atom. The average Bonchev–Trinajstić information content (AvgIpc) is 3.02. The van der Waals surface area contributed by atoms with Crippen LogP contribution in [-0.2, 0) is 16.1 Å². The van der Waals surface area contributed by atoms with Crippen molar-refractivity contribution in [3.05, 3.63) is 23.8 Å². The summed E-state index contributed by atoms with van der Waals surface area (Å²) in [5, 5.41) is 0. The lowest BCUT2D eigenvalue weighted by Gasteiger charge is -2.34. The van der Waals surface area contributed by atoms with Crippen LogP contribution in [0, 0.1) is 6.92 Å². The average molecular weight is 375 g/mol. The highest BCUT2D eigenvalue weighted by atomic mass is 19.1. The van der Waals surface area contributed by atoms with Crippen molar-refractivity contribution in [3.8, 4) is 0 Å². The molecule has 7 nitrogen and oxygen atoms in total. The van der Waals surface area contributed by atoms with E-state index in [1.54, 1.807) is 0 Å². The van der Waals surface area contributed by atoms with Gasteiger partial charge in [-0.15, -0.1) is 0 Å². The van der Waals surface area contributed by atoms with Gasteiger partial charge in [-0.3, -0.25) is 4.79 Å². The molecule has 0 saturated carbocycles. The van der Waals surface area contributed by atoms with Crippen molar-refractivity contribution in [1.29, 1.82) is 0 Å². The van der Waals surface area contributed by atoms with Gasteiger partial charge in [-0.05, 0) is 31.0 Å². The summed E-state index contributed by atoms with van der Waals surface area (Å²) in [4.78, 5) is 21.4. The number of imidazole rings is 1. The van der Waals surface area contributed by atoms with Crippen LogP contribution < -0.4 is 10.6 Å². The molecule has 0 aliphatic carbocycles. The molecule has 2 fully saturated rings. The highest BCUT2D eigenvalue weighted by Gasteiger charge is 2.30. The molecule has 8 heteroatoms. The van der Waals surface area contributed by atoms with E-state index in [9.17, 15) is 9.18 Å². The van der Waals surface area contributed by atoms with E-state index in [1.807, 2.05) is 39.5 Å². The summed E-state index contributed by atoms with van der Waals surface area (Å²) in [5.74, 6) is 0.740. The van der Waals surface area contributed by atoms with E-state index in [-0.39, 0.29) is 12.5 Å². The number of morpholine rings is 1. The zero-order chi connectivity index (χ0) is 19.0. The van der Waals surface area contributed by atoms with Crippen LogP contribution in [-0.4, -0.2) is 72.0 Å². The van der Waals surface area contributed by atoms with E-state index in [1.165, 1.54) is 0 Å². The summed E-state index contributed by atoms with van der Waals surface area (Å²) in [5.41, 5.74) is 8.81. The van der Waals surface area contributed by atoms with Crippen molar-refractivity contribution in [2.24, 2.45) is 5.73 Å². The number of aryl methyl sites for hydroxylation is 1. The predicted molar refractivity (Wildman–Crippen MR) is 102 cm³/mol. The quantitative estimate of drug-likeness (QED) is 0.869. The van der Waals surface area contributed by atoms with Crippen molar-refractivity contribution < 1.29 is 13.9 Å². The van der Waals surface area contributed by atoms with E-state index >= 15 is 0 Å². The van der Waals surface area contributed by atoms with Crippen LogP contribution in [0.15, 0.2) is 18.2 Å². The predicted octanol–water partition coefficient (Wildman–Crippen LogP) is 1.08. The number of carbonyl (C=O) groups excluding carboxylic acids is 1. The number of anilines is 1. The van der Waals surface area contributed by atoms with Gasteiger partial charge in [0.2, 0.25) is 11.9 Å². The standard InChI is InChI=1S/C19H26FN5O2/c1-13-2-3-17-16(10-13)22-19(24-5-4-14(20)15(21)11-24)25(17)12-18(26)23-6-8-27-9-7-23/h2-3,10,14-15H,4-9,11-12,21H2,1H3/t14-,15-/m1/s1. The van der Waals surface area contributed by atoms with Gasteiger partial charge in [0.25, 0.3) is 0 Å². The molecule has 1 aromatic heterocycles. The monoisotopic (exact) mass is 375 g/mol. The summed E-state index contributed by atoms with van der Waals surface area (Å²) >= 11 is 0. The van der Waals surface area contributed by atoms with Gasteiger partial charge in [-0.2, -0.15) is 0 Å². The molecule has 2 aliphatic rings. The number of piperidine rings is 1. The van der Waals surface area contributed by atoms with Crippen LogP contribution in [0.2, 0.25) is 0 Å². The summed E-state index contributed by atoms with van der Waals surface area (Å²) in [7, 11) is 0. The number of aromatic nitrogens is 2. The molecule has 0 unspecified atom stereocenters. The summed E-state index contributed by atoms with van der Waals surface area (Å²) < 4.78 is 21.1. The van der Waals surface area contributed by atoms with Gasteiger partial charge in [-0.25, -0.2) is 9.37 Å². The van der Waals surface area contributed by atoms with Crippen LogP contribution >= 0.6 is 0 Å². The number of carbonyl (C=O) groups is 1. The fourth-order valence-corrected chi connectivity index (χ4v) is 3.81.